The van der Waals surface area contributed by atoms with Crippen LogP contribution in [-0.2, 0) is 22.4 Å². The molecule has 15 heteroatoms. The van der Waals surface area contributed by atoms with Crippen molar-refractivity contribution in [3.8, 4) is 0 Å². The number of piperidine rings is 1. The number of amides is 1. The van der Waals surface area contributed by atoms with Crippen LogP contribution in [0.5, 0.6) is 0 Å². The Morgan fingerprint density at radius 3 is 2.05 bits per heavy atom. The first-order chi connectivity index (χ1) is 31.8. The molecular weight excluding hydrogens is 815 g/mol. The second-order valence-corrected chi connectivity index (χ2v) is 20.1. The zero-order valence-corrected chi connectivity index (χ0v) is 36.8. The average molecular weight is 870 g/mol. The van der Waals surface area contributed by atoms with Crippen LogP contribution in [0.2, 0.25) is 0 Å². The van der Waals surface area contributed by atoms with Gasteiger partial charge in [-0.1, -0.05) is 61.5 Å². The highest BCUT2D eigenvalue weighted by Crippen LogP contribution is 2.64. The fourth-order valence-electron chi connectivity index (χ4n) is 11.4. The molecule has 3 aliphatic carbocycles. The van der Waals surface area contributed by atoms with Gasteiger partial charge in [0.1, 0.15) is 11.6 Å². The molecule has 1 unspecified atom stereocenters. The van der Waals surface area contributed by atoms with E-state index in [1.54, 1.807) is 0 Å². The monoisotopic (exact) mass is 869 g/mol. The molecule has 3 saturated carbocycles. The molecule has 4 aromatic heterocycles. The van der Waals surface area contributed by atoms with Crippen molar-refractivity contribution in [3.63, 3.8) is 0 Å². The van der Waals surface area contributed by atoms with Crippen LogP contribution in [0.15, 0.2) is 78.9 Å². The number of rotatable bonds is 14. The maximum atomic E-state index is 14.3. The number of nitrogens with one attached hydrogen (secondary N) is 4. The number of aromatic nitrogens is 8. The van der Waals surface area contributed by atoms with E-state index in [0.29, 0.717) is 48.5 Å². The van der Waals surface area contributed by atoms with Crippen molar-refractivity contribution in [1.82, 2.24) is 45.2 Å². The van der Waals surface area contributed by atoms with Gasteiger partial charge >= 0.3 is 0 Å². The smallest absolute Gasteiger partial charge is 0.227 e. The van der Waals surface area contributed by atoms with E-state index in [1.807, 2.05) is 12.1 Å². The van der Waals surface area contributed by atoms with E-state index in [4.69, 9.17) is 24.7 Å². The van der Waals surface area contributed by atoms with Gasteiger partial charge in [0.25, 0.3) is 0 Å². The number of benzene rings is 2. The van der Waals surface area contributed by atoms with E-state index in [1.165, 1.54) is 53.8 Å². The third-order valence-electron chi connectivity index (χ3n) is 15.3. The number of nitrogens with zero attached hydrogens (tertiary/aromatic N) is 9. The van der Waals surface area contributed by atoms with E-state index >= 15 is 0 Å². The number of ether oxygens (including phenoxy) is 1. The Bertz CT molecular complexity index is 2770. The number of anilines is 6. The standard InChI is InChI=1S/C50H55N13O2/c1-50-28-62(48-51-35(17-29-6-3-2-4-7-29)19-42(55-48)53-44-22-40(57-59-44)31-10-11-31)26-39(50)46(50)47(64)61-15-14-34(24-61)33-9-5-8-30(16-33)18-36-20-43(54-45-23-41(58-60-45)32-12-13-32)56-49(52-36)63-25-38-21-37(63)27-65-38/h2-9,16,19-20,22-23,31-32,34,37-39,46H,10-15,17-18,21,24-28H2,1H3,(H2,51,53,55,57,59)(H2,52,54,56,58,60)/t34?,37-,38-,39-,46+,50-/m0/s1. The van der Waals surface area contributed by atoms with Crippen LogP contribution < -0.4 is 20.4 Å². The summed E-state index contributed by atoms with van der Waals surface area (Å²) in [6.07, 6.45) is 8.47. The van der Waals surface area contributed by atoms with E-state index in [9.17, 15) is 4.79 Å². The number of likely N-dealkylation sites (tertiary alicyclic amines) is 1. The summed E-state index contributed by atoms with van der Waals surface area (Å²) < 4.78 is 5.91. The van der Waals surface area contributed by atoms with Crippen molar-refractivity contribution >= 4 is 41.1 Å². The van der Waals surface area contributed by atoms with Gasteiger partial charge in [0.2, 0.25) is 17.8 Å². The van der Waals surface area contributed by atoms with Crippen molar-refractivity contribution < 1.29 is 9.53 Å². The third-order valence-corrected chi connectivity index (χ3v) is 15.3. The zero-order valence-electron chi connectivity index (χ0n) is 36.8. The van der Waals surface area contributed by atoms with Gasteiger partial charge in [-0.05, 0) is 61.1 Å². The summed E-state index contributed by atoms with van der Waals surface area (Å²) in [7, 11) is 0. The van der Waals surface area contributed by atoms with Gasteiger partial charge in [-0.15, -0.1) is 0 Å². The number of morpholine rings is 1. The first-order valence-electron chi connectivity index (χ1n) is 23.8. The molecule has 6 aromatic rings. The fourth-order valence-corrected chi connectivity index (χ4v) is 11.4. The maximum Gasteiger partial charge on any atom is 0.227 e. The average Bonchev–Trinajstić information content (AvgIpc) is 4.09. The fraction of sp³-hybridized carbons (Fsp3) is 0.460. The highest BCUT2D eigenvalue weighted by molar-refractivity contribution is 5.84. The number of H-pyrrole nitrogens is 2. The molecule has 0 radical (unpaired) electrons. The number of hydrogen-bond donors (Lipinski definition) is 4. The van der Waals surface area contributed by atoms with Crippen LogP contribution in [0.3, 0.4) is 0 Å². The lowest BCUT2D eigenvalue weighted by molar-refractivity contribution is -0.132. The van der Waals surface area contributed by atoms with Gasteiger partial charge in [-0.3, -0.25) is 15.0 Å². The van der Waals surface area contributed by atoms with Gasteiger partial charge in [0, 0.05) is 104 Å². The van der Waals surface area contributed by atoms with Crippen molar-refractivity contribution in [1.29, 1.82) is 0 Å². The van der Waals surface area contributed by atoms with Crippen molar-refractivity contribution in [2.24, 2.45) is 17.3 Å². The minimum absolute atomic E-state index is 0.0211. The summed E-state index contributed by atoms with van der Waals surface area (Å²) in [6, 6.07) is 28.0. The number of aromatic amines is 2. The molecule has 2 aromatic carbocycles. The molecule has 7 fully saturated rings. The molecular formula is C50H55N13O2. The number of hydrogen-bond acceptors (Lipinski definition) is 12. The summed E-state index contributed by atoms with van der Waals surface area (Å²) in [6.45, 7) is 6.89. The molecule has 0 spiro atoms. The minimum atomic E-state index is -0.106. The number of fused-ring (bicyclic) bond motifs is 3. The molecule has 13 rings (SSSR count). The second-order valence-electron chi connectivity index (χ2n) is 20.1. The Balaban J connectivity index is 0.677. The van der Waals surface area contributed by atoms with E-state index in [-0.39, 0.29) is 23.4 Å². The van der Waals surface area contributed by atoms with Crippen LogP contribution in [0.4, 0.5) is 35.2 Å². The predicted octanol–water partition coefficient (Wildman–Crippen LogP) is 7.20. The predicted molar refractivity (Wildman–Crippen MR) is 247 cm³/mol. The maximum absolute atomic E-state index is 14.3. The van der Waals surface area contributed by atoms with Crippen LogP contribution in [0.1, 0.15) is 103 Å². The first-order valence-corrected chi connectivity index (χ1v) is 23.8. The zero-order chi connectivity index (χ0) is 43.2. The van der Waals surface area contributed by atoms with Crippen molar-refractivity contribution in [2.75, 3.05) is 59.8 Å². The highest BCUT2D eigenvalue weighted by atomic mass is 16.5. The molecule has 8 heterocycles. The van der Waals surface area contributed by atoms with E-state index in [2.05, 4.69) is 119 Å². The lowest BCUT2D eigenvalue weighted by atomic mass is 9.95. The molecule has 332 valence electrons. The van der Waals surface area contributed by atoms with Crippen molar-refractivity contribution in [2.45, 2.75) is 88.2 Å². The van der Waals surface area contributed by atoms with E-state index < -0.39 is 0 Å². The van der Waals surface area contributed by atoms with Crippen LogP contribution in [0, 0.1) is 17.3 Å². The number of carbonyl (C=O) groups excluding carboxylic acids is 1. The molecule has 7 aliphatic rings. The Morgan fingerprint density at radius 2 is 1.40 bits per heavy atom. The molecule has 4 aliphatic heterocycles. The lowest BCUT2D eigenvalue weighted by Gasteiger charge is -2.27. The summed E-state index contributed by atoms with van der Waals surface area (Å²) >= 11 is 0. The highest BCUT2D eigenvalue weighted by Gasteiger charge is 2.70. The molecule has 4 saturated heterocycles. The second kappa shape index (κ2) is 15.4. The van der Waals surface area contributed by atoms with Gasteiger partial charge in [0.05, 0.1) is 36.1 Å². The Morgan fingerprint density at radius 1 is 0.723 bits per heavy atom. The quantitative estimate of drug-likeness (QED) is 0.0870. The number of carbonyl (C=O) groups is 1. The normalized spacial score (nSPS) is 26.5. The Labute approximate surface area is 378 Å². The van der Waals surface area contributed by atoms with Crippen molar-refractivity contribution in [3.05, 3.63) is 118 Å². The molecule has 1 amide bonds. The summed E-state index contributed by atoms with van der Waals surface area (Å²) in [5.41, 5.74) is 7.86. The van der Waals surface area contributed by atoms with Gasteiger partial charge < -0.3 is 30.1 Å². The lowest BCUT2D eigenvalue weighted by Crippen LogP contribution is -2.38. The van der Waals surface area contributed by atoms with Crippen LogP contribution in [-0.4, -0.2) is 103 Å². The minimum Gasteiger partial charge on any atom is -0.374 e. The molecule has 4 N–H and O–H groups in total. The topological polar surface area (TPSA) is 169 Å². The molecule has 2 bridgehead atoms. The largest absolute Gasteiger partial charge is 0.374 e. The van der Waals surface area contributed by atoms with Gasteiger partial charge in [-0.25, -0.2) is 9.97 Å². The first kappa shape index (κ1) is 39.1. The van der Waals surface area contributed by atoms with E-state index in [0.717, 1.165) is 92.8 Å². The Kier molecular flexibility index (Phi) is 9.25. The molecule has 6 atom stereocenters. The third kappa shape index (κ3) is 7.66. The van der Waals surface area contributed by atoms with Gasteiger partial charge in [0.15, 0.2) is 11.6 Å². The van der Waals surface area contributed by atoms with Crippen LogP contribution in [0.25, 0.3) is 0 Å². The Hall–Kier alpha value is -6.35. The summed E-state index contributed by atoms with van der Waals surface area (Å²) in [5.74, 6) is 6.58. The molecule has 15 nitrogen and oxygen atoms in total. The summed E-state index contributed by atoms with van der Waals surface area (Å²) in [4.78, 5) is 41.3. The van der Waals surface area contributed by atoms with Crippen LogP contribution >= 0.6 is 0 Å². The van der Waals surface area contributed by atoms with Gasteiger partial charge in [-0.2, -0.15) is 20.2 Å². The molecule has 65 heavy (non-hydrogen) atoms. The summed E-state index contributed by atoms with van der Waals surface area (Å²) in [5, 5.41) is 22.4. The SMILES string of the molecule is C[C@]12CN(c3nc(Cc4ccccc4)cc(Nc4cc(C5CC5)[nH]n4)n3)C[C@H]1[C@@H]2C(=O)N1CCC(c2cccc(Cc3cc(Nc4cc(C5CC5)[nH]n4)nc(N4C[C@@H]5C[C@H]4CO5)n3)c2)C1.